The summed E-state index contributed by atoms with van der Waals surface area (Å²) < 4.78 is 6.53. The largest absolute Gasteiger partial charge is 0.508 e. The summed E-state index contributed by atoms with van der Waals surface area (Å²) >= 11 is 7.07. The first-order valence-corrected chi connectivity index (χ1v) is 15.9. The van der Waals surface area contributed by atoms with Crippen molar-refractivity contribution in [1.82, 2.24) is 20.2 Å². The van der Waals surface area contributed by atoms with Gasteiger partial charge in [-0.15, -0.1) is 0 Å². The van der Waals surface area contributed by atoms with Crippen molar-refractivity contribution < 1.29 is 9.84 Å². The maximum absolute atomic E-state index is 10.6. The van der Waals surface area contributed by atoms with Gasteiger partial charge in [-0.25, -0.2) is 0 Å². The molecule has 5 heterocycles. The van der Waals surface area contributed by atoms with Crippen LogP contribution in [0.1, 0.15) is 38.5 Å². The van der Waals surface area contributed by atoms with Crippen molar-refractivity contribution in [2.45, 2.75) is 56.1 Å². The van der Waals surface area contributed by atoms with Crippen molar-refractivity contribution in [1.29, 1.82) is 5.26 Å². The molecule has 43 heavy (non-hydrogen) atoms. The van der Waals surface area contributed by atoms with Gasteiger partial charge in [0.1, 0.15) is 18.2 Å². The van der Waals surface area contributed by atoms with Crippen molar-refractivity contribution in [3.05, 3.63) is 53.6 Å². The second-order valence-electron chi connectivity index (χ2n) is 12.7. The minimum absolute atomic E-state index is 0.0562. The monoisotopic (exact) mass is 594 g/mol. The molecule has 4 aromatic rings. The molecule has 0 saturated carbocycles. The average Bonchev–Trinajstić information content (AvgIpc) is 3.64. The second-order valence-corrected chi connectivity index (χ2v) is 13.1. The van der Waals surface area contributed by atoms with Crippen LogP contribution in [0.2, 0.25) is 5.02 Å². The predicted octanol–water partition coefficient (Wildman–Crippen LogP) is 5.90. The van der Waals surface area contributed by atoms with Gasteiger partial charge in [0.2, 0.25) is 0 Å². The number of phenols is 1. The van der Waals surface area contributed by atoms with Crippen LogP contribution in [0.15, 0.2) is 48.5 Å². The van der Waals surface area contributed by atoms with Crippen LogP contribution in [0.5, 0.6) is 11.8 Å². The van der Waals surface area contributed by atoms with E-state index in [0.29, 0.717) is 17.6 Å². The van der Waals surface area contributed by atoms with E-state index in [1.807, 2.05) is 36.4 Å². The van der Waals surface area contributed by atoms with E-state index in [4.69, 9.17) is 26.3 Å². The number of ether oxygens (including phenoxy) is 1. The first kappa shape index (κ1) is 26.9. The van der Waals surface area contributed by atoms with Gasteiger partial charge < -0.3 is 20.1 Å². The molecular weight excluding hydrogens is 560 g/mol. The highest BCUT2D eigenvalue weighted by Gasteiger charge is 2.46. The van der Waals surface area contributed by atoms with E-state index < -0.39 is 0 Å². The van der Waals surface area contributed by atoms with Gasteiger partial charge in [-0.1, -0.05) is 35.9 Å². The van der Waals surface area contributed by atoms with Crippen LogP contribution in [-0.2, 0) is 0 Å². The minimum Gasteiger partial charge on any atom is -0.508 e. The number of fused-ring (bicyclic) bond motifs is 5. The zero-order chi connectivity index (χ0) is 29.1. The van der Waals surface area contributed by atoms with Gasteiger partial charge in [-0.3, -0.25) is 4.90 Å². The number of halogens is 1. The van der Waals surface area contributed by atoms with Crippen molar-refractivity contribution in [2.75, 3.05) is 37.7 Å². The van der Waals surface area contributed by atoms with E-state index >= 15 is 0 Å². The molecule has 2 bridgehead atoms. The van der Waals surface area contributed by atoms with E-state index in [-0.39, 0.29) is 29.3 Å². The Balaban J connectivity index is 1.28. The fourth-order valence-electron chi connectivity index (χ4n) is 8.30. The fourth-order valence-corrected chi connectivity index (χ4v) is 8.56. The van der Waals surface area contributed by atoms with Gasteiger partial charge in [0.05, 0.1) is 23.0 Å². The molecule has 9 heteroatoms. The summed E-state index contributed by atoms with van der Waals surface area (Å²) in [5, 5.41) is 27.5. The van der Waals surface area contributed by atoms with Gasteiger partial charge in [0.25, 0.3) is 0 Å². The number of nitrogens with one attached hydrogen (secondary N) is 1. The zero-order valence-electron chi connectivity index (χ0n) is 24.1. The zero-order valence-corrected chi connectivity index (χ0v) is 24.9. The smallest absolute Gasteiger partial charge is 0.319 e. The van der Waals surface area contributed by atoms with Crippen LogP contribution in [0, 0.1) is 17.2 Å². The Kier molecular flexibility index (Phi) is 6.59. The van der Waals surface area contributed by atoms with E-state index in [1.54, 1.807) is 12.1 Å². The van der Waals surface area contributed by atoms with E-state index in [0.717, 1.165) is 90.5 Å². The number of aromatic hydroxyl groups is 1. The Morgan fingerprint density at radius 3 is 2.74 bits per heavy atom. The molecule has 4 aliphatic rings. The first-order valence-electron chi connectivity index (χ1n) is 15.5. The summed E-state index contributed by atoms with van der Waals surface area (Å²) in [6.07, 6.45) is 6.36. The summed E-state index contributed by atoms with van der Waals surface area (Å²) in [4.78, 5) is 15.0. The lowest BCUT2D eigenvalue weighted by atomic mass is 9.95. The van der Waals surface area contributed by atoms with Crippen molar-refractivity contribution in [3.8, 4) is 29.0 Å². The molecule has 0 radical (unpaired) electrons. The number of aromatic nitrogens is 2. The van der Waals surface area contributed by atoms with E-state index in [2.05, 4.69) is 21.2 Å². The highest BCUT2D eigenvalue weighted by molar-refractivity contribution is 6.35. The number of nitrogens with zero attached hydrogens (tertiary/aromatic N) is 5. The third-order valence-electron chi connectivity index (χ3n) is 10.3. The lowest BCUT2D eigenvalue weighted by Gasteiger charge is -2.32. The summed E-state index contributed by atoms with van der Waals surface area (Å²) in [7, 11) is 0. The number of anilines is 1. The van der Waals surface area contributed by atoms with Gasteiger partial charge in [0.15, 0.2) is 0 Å². The Hall–Kier alpha value is -3.64. The molecule has 2 N–H and O–H groups in total. The SMILES string of the molecule is N#CC1CC2CNCCC1N2c1nc(OCC23CCCN2CCC3)nc2cc(-c3cc(O)cc4ccccc34)c(Cl)cc12. The second kappa shape index (κ2) is 10.5. The molecule has 4 fully saturated rings. The Morgan fingerprint density at radius 1 is 1.07 bits per heavy atom. The molecule has 1 aromatic heterocycles. The number of phenolic OH excluding ortho intramolecular Hbond substituents is 1. The molecule has 0 amide bonds. The molecule has 4 aliphatic heterocycles. The van der Waals surface area contributed by atoms with Crippen LogP contribution >= 0.6 is 11.6 Å². The van der Waals surface area contributed by atoms with Crippen molar-refractivity contribution >= 4 is 39.1 Å². The van der Waals surface area contributed by atoms with Gasteiger partial charge >= 0.3 is 6.01 Å². The number of nitriles is 1. The maximum atomic E-state index is 10.6. The third kappa shape index (κ3) is 4.48. The molecule has 3 atom stereocenters. The number of hydrogen-bond donors (Lipinski definition) is 2. The Bertz CT molecular complexity index is 1760. The fraction of sp³-hybridized carbons (Fsp3) is 0.441. The lowest BCUT2D eigenvalue weighted by molar-refractivity contribution is 0.108. The van der Waals surface area contributed by atoms with Crippen LogP contribution in [0.25, 0.3) is 32.8 Å². The molecule has 0 spiro atoms. The molecule has 3 unspecified atom stereocenters. The first-order chi connectivity index (χ1) is 21.0. The number of hydrogen-bond acceptors (Lipinski definition) is 8. The summed E-state index contributed by atoms with van der Waals surface area (Å²) in [5.41, 5.74) is 2.45. The predicted molar refractivity (Wildman–Crippen MR) is 169 cm³/mol. The third-order valence-corrected chi connectivity index (χ3v) is 10.6. The standard InChI is InChI=1S/C34H35ClN6O2/c35-29-16-28-30(17-27(29)26-15-24(42)14-21-5-1-2-6-25(21)26)38-33(43-20-34-8-3-11-40(34)12-4-9-34)39-32(28)41-23-13-22(18-36)31(41)7-10-37-19-23/h1-2,5-6,14-17,22-23,31,37,42H,3-4,7-13,19-20H2. The van der Waals surface area contributed by atoms with Crippen LogP contribution in [0.3, 0.4) is 0 Å². The normalized spacial score (nSPS) is 24.7. The number of rotatable bonds is 5. The van der Waals surface area contributed by atoms with Crippen LogP contribution < -0.4 is 15.0 Å². The molecule has 4 saturated heterocycles. The topological polar surface area (TPSA) is 97.5 Å². The van der Waals surface area contributed by atoms with Gasteiger partial charge in [0, 0.05) is 34.6 Å². The van der Waals surface area contributed by atoms with E-state index in [9.17, 15) is 10.4 Å². The highest BCUT2D eigenvalue weighted by atomic mass is 35.5. The summed E-state index contributed by atoms with van der Waals surface area (Å²) in [6.45, 7) is 4.51. The molecular formula is C34H35ClN6O2. The van der Waals surface area contributed by atoms with Crippen molar-refractivity contribution in [2.24, 2.45) is 5.92 Å². The molecule has 220 valence electrons. The minimum atomic E-state index is -0.0562. The molecule has 3 aromatic carbocycles. The molecule has 8 nitrogen and oxygen atoms in total. The quantitative estimate of drug-likeness (QED) is 0.295. The Morgan fingerprint density at radius 2 is 1.91 bits per heavy atom. The summed E-state index contributed by atoms with van der Waals surface area (Å²) in [6, 6.07) is 18.6. The average molecular weight is 595 g/mol. The molecule has 8 rings (SSSR count). The van der Waals surface area contributed by atoms with Crippen molar-refractivity contribution in [3.63, 3.8) is 0 Å². The van der Waals surface area contributed by atoms with Crippen LogP contribution in [-0.4, -0.2) is 70.4 Å². The van der Waals surface area contributed by atoms with Crippen LogP contribution in [0.4, 0.5) is 5.82 Å². The van der Waals surface area contributed by atoms with E-state index in [1.165, 1.54) is 12.8 Å². The molecule has 0 aliphatic carbocycles. The highest BCUT2D eigenvalue weighted by Crippen LogP contribution is 2.44. The summed E-state index contributed by atoms with van der Waals surface area (Å²) in [5.74, 6) is 0.919. The van der Waals surface area contributed by atoms with Gasteiger partial charge in [-0.2, -0.15) is 15.2 Å². The maximum Gasteiger partial charge on any atom is 0.319 e. The number of benzene rings is 3. The Labute approximate surface area is 256 Å². The lowest BCUT2D eigenvalue weighted by Crippen LogP contribution is -2.43. The van der Waals surface area contributed by atoms with Gasteiger partial charge in [-0.05, 0) is 98.8 Å².